The molecule has 1 amide bonds. The molecule has 0 aliphatic rings. The number of amides is 1. The zero-order valence-electron chi connectivity index (χ0n) is 12.9. The highest BCUT2D eigenvalue weighted by atomic mass is 35.5. The van der Waals surface area contributed by atoms with E-state index in [0.717, 1.165) is 5.76 Å². The predicted octanol–water partition coefficient (Wildman–Crippen LogP) is 4.02. The van der Waals surface area contributed by atoms with Gasteiger partial charge < -0.3 is 9.73 Å². The molecule has 4 nitrogen and oxygen atoms in total. The molecule has 122 valence electrons. The summed E-state index contributed by atoms with van der Waals surface area (Å²) < 4.78 is 5.40. The van der Waals surface area contributed by atoms with Crippen LogP contribution in [0.4, 0.5) is 0 Å². The summed E-state index contributed by atoms with van der Waals surface area (Å²) >= 11 is 12.0. The number of nitrogens with zero attached hydrogens (tertiary/aromatic N) is 1. The van der Waals surface area contributed by atoms with E-state index < -0.39 is 0 Å². The Morgan fingerprint density at radius 1 is 1.30 bits per heavy atom. The van der Waals surface area contributed by atoms with Gasteiger partial charge in [0.25, 0.3) is 0 Å². The van der Waals surface area contributed by atoms with Crippen LogP contribution in [0.3, 0.4) is 0 Å². The van der Waals surface area contributed by atoms with Gasteiger partial charge in [-0.1, -0.05) is 35.3 Å². The van der Waals surface area contributed by atoms with Gasteiger partial charge >= 0.3 is 0 Å². The Kier molecular flexibility index (Phi) is 6.28. The van der Waals surface area contributed by atoms with Crippen molar-refractivity contribution in [3.63, 3.8) is 0 Å². The topological polar surface area (TPSA) is 45.5 Å². The molecule has 2 aromatic rings. The zero-order chi connectivity index (χ0) is 16.8. The first-order chi connectivity index (χ1) is 11.0. The van der Waals surface area contributed by atoms with Crippen molar-refractivity contribution in [1.82, 2.24) is 10.2 Å². The molecule has 2 rings (SSSR count). The molecular weight excluding hydrogens is 335 g/mol. The van der Waals surface area contributed by atoms with E-state index in [1.807, 2.05) is 31.1 Å². The Morgan fingerprint density at radius 3 is 2.74 bits per heavy atom. The third-order valence-corrected chi connectivity index (χ3v) is 4.19. The molecule has 0 saturated carbocycles. The zero-order valence-corrected chi connectivity index (χ0v) is 14.4. The van der Waals surface area contributed by atoms with E-state index in [0.29, 0.717) is 22.2 Å². The second-order valence-corrected chi connectivity index (χ2v) is 6.00. The number of benzene rings is 1. The molecule has 23 heavy (non-hydrogen) atoms. The molecule has 0 radical (unpaired) electrons. The number of nitrogens with one attached hydrogen (secondary N) is 1. The summed E-state index contributed by atoms with van der Waals surface area (Å²) in [6, 6.07) is 8.96. The van der Waals surface area contributed by atoms with Crippen LogP contribution in [0.15, 0.2) is 47.1 Å². The summed E-state index contributed by atoms with van der Waals surface area (Å²) in [6.45, 7) is 0.437. The van der Waals surface area contributed by atoms with E-state index in [1.165, 1.54) is 6.08 Å². The van der Waals surface area contributed by atoms with Crippen molar-refractivity contribution in [2.75, 3.05) is 20.6 Å². The van der Waals surface area contributed by atoms with Crippen molar-refractivity contribution < 1.29 is 9.21 Å². The minimum absolute atomic E-state index is 0.0305. The summed E-state index contributed by atoms with van der Waals surface area (Å²) in [5.41, 5.74) is 0.699. The molecule has 0 aliphatic heterocycles. The maximum absolute atomic E-state index is 12.0. The van der Waals surface area contributed by atoms with Crippen LogP contribution in [0.5, 0.6) is 0 Å². The smallest absolute Gasteiger partial charge is 0.244 e. The van der Waals surface area contributed by atoms with Crippen LogP contribution in [-0.2, 0) is 4.79 Å². The summed E-state index contributed by atoms with van der Waals surface area (Å²) in [5, 5.41) is 3.74. The molecule has 1 aromatic heterocycles. The first kappa shape index (κ1) is 17.6. The lowest BCUT2D eigenvalue weighted by Gasteiger charge is -2.22. The molecule has 1 unspecified atom stereocenters. The summed E-state index contributed by atoms with van der Waals surface area (Å²) in [4.78, 5) is 14.0. The van der Waals surface area contributed by atoms with Crippen molar-refractivity contribution in [1.29, 1.82) is 0 Å². The Labute approximate surface area is 145 Å². The van der Waals surface area contributed by atoms with Gasteiger partial charge in [0.15, 0.2) is 0 Å². The minimum atomic E-state index is -0.209. The van der Waals surface area contributed by atoms with E-state index in [4.69, 9.17) is 27.6 Å². The van der Waals surface area contributed by atoms with Gasteiger partial charge in [-0.05, 0) is 43.9 Å². The highest BCUT2D eigenvalue weighted by molar-refractivity contribution is 6.42. The van der Waals surface area contributed by atoms with Gasteiger partial charge in [0, 0.05) is 12.6 Å². The predicted molar refractivity (Wildman–Crippen MR) is 93.6 cm³/mol. The van der Waals surface area contributed by atoms with Crippen LogP contribution in [0.2, 0.25) is 10.0 Å². The fraction of sp³-hybridized carbons (Fsp3) is 0.235. The van der Waals surface area contributed by atoms with Gasteiger partial charge in [-0.15, -0.1) is 0 Å². The van der Waals surface area contributed by atoms with Gasteiger partial charge in [0.1, 0.15) is 5.76 Å². The van der Waals surface area contributed by atoms with Crippen LogP contribution in [0.25, 0.3) is 6.08 Å². The molecule has 1 atom stereocenters. The molecule has 1 heterocycles. The fourth-order valence-electron chi connectivity index (χ4n) is 2.09. The molecule has 0 spiro atoms. The highest BCUT2D eigenvalue weighted by Crippen LogP contribution is 2.26. The molecule has 1 aromatic carbocycles. The Bertz CT molecular complexity index is 682. The number of hydrogen-bond donors (Lipinski definition) is 1. The molecule has 6 heteroatoms. The normalized spacial score (nSPS) is 12.7. The van der Waals surface area contributed by atoms with Crippen molar-refractivity contribution in [2.24, 2.45) is 0 Å². The Hall–Kier alpha value is -1.75. The fourth-order valence-corrected chi connectivity index (χ4v) is 2.46. The van der Waals surface area contributed by atoms with E-state index in [1.54, 1.807) is 30.5 Å². The first-order valence-electron chi connectivity index (χ1n) is 7.09. The largest absolute Gasteiger partial charge is 0.468 e. The number of carbonyl (C=O) groups excluding carboxylic acids is 1. The monoisotopic (exact) mass is 352 g/mol. The van der Waals surface area contributed by atoms with Gasteiger partial charge in [0.2, 0.25) is 5.91 Å². The van der Waals surface area contributed by atoms with Gasteiger partial charge in [-0.25, -0.2) is 0 Å². The molecule has 0 aliphatic carbocycles. The van der Waals surface area contributed by atoms with Crippen LogP contribution in [-0.4, -0.2) is 31.4 Å². The summed E-state index contributed by atoms with van der Waals surface area (Å²) in [5.74, 6) is 0.594. The van der Waals surface area contributed by atoms with Crippen molar-refractivity contribution in [3.05, 3.63) is 64.0 Å². The Morgan fingerprint density at radius 2 is 2.09 bits per heavy atom. The third-order valence-electron chi connectivity index (χ3n) is 3.36. The van der Waals surface area contributed by atoms with Crippen molar-refractivity contribution in [3.8, 4) is 0 Å². The van der Waals surface area contributed by atoms with E-state index in [-0.39, 0.29) is 11.9 Å². The standard InChI is InChI=1S/C17H18Cl2N2O2/c1-21(2)14(15-7-4-10-23-15)11-20-16(22)9-8-12-5-3-6-13(18)17(12)19/h3-10,14H,11H2,1-2H3,(H,20,22). The second-order valence-electron chi connectivity index (χ2n) is 5.22. The molecule has 0 bridgehead atoms. The van der Waals surface area contributed by atoms with Crippen LogP contribution < -0.4 is 5.32 Å². The average Bonchev–Trinajstić information content (AvgIpc) is 3.02. The lowest BCUT2D eigenvalue weighted by Crippen LogP contribution is -2.33. The van der Waals surface area contributed by atoms with Crippen molar-refractivity contribution in [2.45, 2.75) is 6.04 Å². The number of rotatable bonds is 6. The molecule has 1 N–H and O–H groups in total. The van der Waals surface area contributed by atoms with E-state index in [9.17, 15) is 4.79 Å². The Balaban J connectivity index is 1.96. The quantitative estimate of drug-likeness (QED) is 0.798. The minimum Gasteiger partial charge on any atom is -0.468 e. The van der Waals surface area contributed by atoms with Crippen LogP contribution >= 0.6 is 23.2 Å². The number of halogens is 2. The maximum Gasteiger partial charge on any atom is 0.244 e. The molecular formula is C17H18Cl2N2O2. The van der Waals surface area contributed by atoms with Gasteiger partial charge in [0.05, 0.1) is 22.4 Å². The summed E-state index contributed by atoms with van der Waals surface area (Å²) in [7, 11) is 3.86. The van der Waals surface area contributed by atoms with Gasteiger partial charge in [-0.2, -0.15) is 0 Å². The maximum atomic E-state index is 12.0. The highest BCUT2D eigenvalue weighted by Gasteiger charge is 2.17. The molecule has 0 fully saturated rings. The van der Waals surface area contributed by atoms with E-state index in [2.05, 4.69) is 5.32 Å². The number of furan rings is 1. The van der Waals surface area contributed by atoms with E-state index >= 15 is 0 Å². The SMILES string of the molecule is CN(C)C(CNC(=O)C=Cc1cccc(Cl)c1Cl)c1ccco1. The number of hydrogen-bond acceptors (Lipinski definition) is 3. The van der Waals surface area contributed by atoms with Crippen LogP contribution in [0.1, 0.15) is 17.4 Å². The lowest BCUT2D eigenvalue weighted by atomic mass is 10.2. The van der Waals surface area contributed by atoms with Gasteiger partial charge in [-0.3, -0.25) is 9.69 Å². The molecule has 0 saturated heterocycles. The average molecular weight is 353 g/mol. The van der Waals surface area contributed by atoms with Crippen LogP contribution in [0, 0.1) is 0 Å². The lowest BCUT2D eigenvalue weighted by molar-refractivity contribution is -0.116. The first-order valence-corrected chi connectivity index (χ1v) is 7.84. The number of carbonyl (C=O) groups is 1. The summed E-state index contributed by atoms with van der Waals surface area (Å²) in [6.07, 6.45) is 4.70. The number of likely N-dealkylation sites (N-methyl/N-ethyl adjacent to an activating group) is 1. The second kappa shape index (κ2) is 8.20. The third kappa shape index (κ3) is 4.86. The van der Waals surface area contributed by atoms with Crippen molar-refractivity contribution >= 4 is 35.2 Å².